The number of hydrogen-bond acceptors (Lipinski definition) is 5. The van der Waals surface area contributed by atoms with E-state index in [-0.39, 0.29) is 48.8 Å². The van der Waals surface area contributed by atoms with E-state index in [9.17, 15) is 13.2 Å². The summed E-state index contributed by atoms with van der Waals surface area (Å²) in [5.74, 6) is 1.70. The lowest BCUT2D eigenvalue weighted by Gasteiger charge is -2.09. The van der Waals surface area contributed by atoms with E-state index in [2.05, 4.69) is 30.2 Å². The van der Waals surface area contributed by atoms with Crippen LogP contribution in [0.3, 0.4) is 0 Å². The number of nitrogens with two attached hydrogens (primary N) is 1. The largest absolute Gasteiger partial charge is 0.573 e. The molecule has 0 fully saturated rings. The van der Waals surface area contributed by atoms with Crippen molar-refractivity contribution in [1.82, 2.24) is 20.5 Å². The van der Waals surface area contributed by atoms with Crippen LogP contribution in [-0.4, -0.2) is 34.6 Å². The minimum Gasteiger partial charge on any atom is -0.497 e. The number of aliphatic imine (C=N–C) groups is 1. The third-order valence-electron chi connectivity index (χ3n) is 3.91. The molecule has 166 valence electrons. The van der Waals surface area contributed by atoms with E-state index in [1.165, 1.54) is 24.3 Å². The summed E-state index contributed by atoms with van der Waals surface area (Å²) in [7, 11) is 1.59. The summed E-state index contributed by atoms with van der Waals surface area (Å²) in [6, 6.07) is 12.7. The summed E-state index contributed by atoms with van der Waals surface area (Å²) in [4.78, 5) is 8.52. The highest BCUT2D eigenvalue weighted by atomic mass is 127. The molecule has 0 saturated carbocycles. The molecular formula is C19H20F3IN6O2. The van der Waals surface area contributed by atoms with Crippen molar-refractivity contribution >= 4 is 29.9 Å². The Hall–Kier alpha value is -3.03. The zero-order valence-corrected chi connectivity index (χ0v) is 18.6. The molecule has 3 aromatic rings. The predicted molar refractivity (Wildman–Crippen MR) is 119 cm³/mol. The summed E-state index contributed by atoms with van der Waals surface area (Å²) in [6.45, 7) is 0.468. The van der Waals surface area contributed by atoms with Gasteiger partial charge in [0.25, 0.3) is 0 Å². The molecule has 0 radical (unpaired) electrons. The summed E-state index contributed by atoms with van der Waals surface area (Å²) in [5, 5.41) is 9.87. The zero-order chi connectivity index (χ0) is 21.6. The Balaban J connectivity index is 0.00000341. The molecule has 0 bridgehead atoms. The standard InChI is InChI=1S/C19H19F3N6O2.HI/c1-29-14-8-4-13(5-9-14)17-26-16(27-28-17)11-25-18(23)24-10-12-2-6-15(7-3-12)30-19(20,21)22;/h2-9H,10-11H2,1H3,(H3,23,24,25)(H,26,27,28);1H. The average molecular weight is 548 g/mol. The molecule has 1 aromatic heterocycles. The predicted octanol–water partition coefficient (Wildman–Crippen LogP) is 3.60. The Morgan fingerprint density at radius 3 is 2.35 bits per heavy atom. The maximum atomic E-state index is 12.2. The molecule has 0 aliphatic rings. The quantitative estimate of drug-likeness (QED) is 0.237. The topological polar surface area (TPSA) is 110 Å². The van der Waals surface area contributed by atoms with Crippen molar-refractivity contribution in [3.63, 3.8) is 0 Å². The van der Waals surface area contributed by atoms with E-state index in [4.69, 9.17) is 10.5 Å². The number of guanidine groups is 1. The molecule has 0 aliphatic heterocycles. The van der Waals surface area contributed by atoms with Crippen LogP contribution in [0.2, 0.25) is 0 Å². The molecule has 31 heavy (non-hydrogen) atoms. The number of benzene rings is 2. The van der Waals surface area contributed by atoms with Crippen molar-refractivity contribution in [2.24, 2.45) is 10.7 Å². The van der Waals surface area contributed by atoms with Gasteiger partial charge in [0.1, 0.15) is 17.3 Å². The molecular weight excluding hydrogens is 528 g/mol. The van der Waals surface area contributed by atoms with Crippen molar-refractivity contribution in [2.45, 2.75) is 19.5 Å². The molecule has 0 amide bonds. The summed E-state index contributed by atoms with van der Waals surface area (Å²) < 4.78 is 45.4. The van der Waals surface area contributed by atoms with Crippen LogP contribution in [0.4, 0.5) is 13.2 Å². The lowest BCUT2D eigenvalue weighted by atomic mass is 10.2. The Morgan fingerprint density at radius 2 is 1.74 bits per heavy atom. The minimum absolute atomic E-state index is 0. The minimum atomic E-state index is -4.72. The summed E-state index contributed by atoms with van der Waals surface area (Å²) in [5.41, 5.74) is 7.33. The third kappa shape index (κ3) is 7.62. The number of halogens is 4. The van der Waals surface area contributed by atoms with Crippen LogP contribution in [0.5, 0.6) is 11.5 Å². The van der Waals surface area contributed by atoms with Gasteiger partial charge in [-0.15, -0.1) is 37.1 Å². The fraction of sp³-hybridized carbons (Fsp3) is 0.211. The lowest BCUT2D eigenvalue weighted by Crippen LogP contribution is -2.31. The Labute approximate surface area is 193 Å². The molecule has 1 heterocycles. The number of alkyl halides is 3. The fourth-order valence-electron chi connectivity index (χ4n) is 2.45. The highest BCUT2D eigenvalue weighted by Gasteiger charge is 2.30. The van der Waals surface area contributed by atoms with Gasteiger partial charge in [-0.1, -0.05) is 12.1 Å². The van der Waals surface area contributed by atoms with E-state index >= 15 is 0 Å². The van der Waals surface area contributed by atoms with Crippen molar-refractivity contribution in [2.75, 3.05) is 7.11 Å². The van der Waals surface area contributed by atoms with Crippen LogP contribution in [0.25, 0.3) is 11.4 Å². The number of nitrogens with one attached hydrogen (secondary N) is 2. The lowest BCUT2D eigenvalue weighted by molar-refractivity contribution is -0.274. The first-order chi connectivity index (χ1) is 14.3. The van der Waals surface area contributed by atoms with Crippen LogP contribution in [0.1, 0.15) is 11.4 Å². The second kappa shape index (κ2) is 10.8. The monoisotopic (exact) mass is 548 g/mol. The van der Waals surface area contributed by atoms with Crippen molar-refractivity contribution < 1.29 is 22.6 Å². The Morgan fingerprint density at radius 1 is 1.10 bits per heavy atom. The molecule has 3 rings (SSSR count). The number of H-pyrrole nitrogens is 1. The molecule has 0 unspecified atom stereocenters. The Kier molecular flexibility index (Phi) is 8.47. The van der Waals surface area contributed by atoms with Crippen LogP contribution in [0.15, 0.2) is 53.5 Å². The molecule has 4 N–H and O–H groups in total. The van der Waals surface area contributed by atoms with Gasteiger partial charge >= 0.3 is 6.36 Å². The maximum Gasteiger partial charge on any atom is 0.573 e. The first-order valence-electron chi connectivity index (χ1n) is 8.76. The average Bonchev–Trinajstić information content (AvgIpc) is 3.20. The van der Waals surface area contributed by atoms with Crippen molar-refractivity contribution in [1.29, 1.82) is 0 Å². The van der Waals surface area contributed by atoms with Gasteiger partial charge in [-0.2, -0.15) is 5.10 Å². The van der Waals surface area contributed by atoms with Crippen LogP contribution in [0, 0.1) is 0 Å². The van der Waals surface area contributed by atoms with Gasteiger partial charge in [-0.25, -0.2) is 9.98 Å². The highest BCUT2D eigenvalue weighted by molar-refractivity contribution is 14.0. The number of methoxy groups -OCH3 is 1. The van der Waals surface area contributed by atoms with E-state index in [0.29, 0.717) is 17.2 Å². The number of aromatic amines is 1. The number of rotatable bonds is 7. The number of hydrogen-bond donors (Lipinski definition) is 3. The second-order valence-corrected chi connectivity index (χ2v) is 6.08. The second-order valence-electron chi connectivity index (χ2n) is 6.08. The van der Waals surface area contributed by atoms with E-state index in [1.807, 2.05) is 24.3 Å². The number of aromatic nitrogens is 3. The fourth-order valence-corrected chi connectivity index (χ4v) is 2.45. The first kappa shape index (κ1) is 24.2. The molecule has 0 atom stereocenters. The van der Waals surface area contributed by atoms with Gasteiger partial charge in [-0.05, 0) is 42.0 Å². The van der Waals surface area contributed by atoms with Gasteiger partial charge in [0.2, 0.25) is 0 Å². The van der Waals surface area contributed by atoms with Gasteiger partial charge in [0.05, 0.1) is 20.2 Å². The van der Waals surface area contributed by atoms with Crippen LogP contribution in [-0.2, 0) is 13.1 Å². The molecule has 2 aromatic carbocycles. The molecule has 0 spiro atoms. The number of ether oxygens (including phenoxy) is 2. The molecule has 0 saturated heterocycles. The van der Waals surface area contributed by atoms with E-state index < -0.39 is 6.36 Å². The van der Waals surface area contributed by atoms with Gasteiger partial charge in [0, 0.05) is 5.56 Å². The van der Waals surface area contributed by atoms with Crippen molar-refractivity contribution in [3.05, 3.63) is 59.9 Å². The highest BCUT2D eigenvalue weighted by Crippen LogP contribution is 2.23. The molecule has 8 nitrogen and oxygen atoms in total. The summed E-state index contributed by atoms with van der Waals surface area (Å²) in [6.07, 6.45) is -4.72. The molecule has 12 heteroatoms. The SMILES string of the molecule is COc1ccc(-c2n[nH]c(CNC(N)=NCc3ccc(OC(F)(F)F)cc3)n2)cc1.I. The van der Waals surface area contributed by atoms with Gasteiger partial charge in [-0.3, -0.25) is 5.10 Å². The normalized spacial score (nSPS) is 11.5. The number of nitrogens with zero attached hydrogens (tertiary/aromatic N) is 3. The Bertz CT molecular complexity index is 991. The van der Waals surface area contributed by atoms with E-state index in [1.54, 1.807) is 7.11 Å². The third-order valence-corrected chi connectivity index (χ3v) is 3.91. The summed E-state index contributed by atoms with van der Waals surface area (Å²) >= 11 is 0. The smallest absolute Gasteiger partial charge is 0.497 e. The van der Waals surface area contributed by atoms with Crippen LogP contribution < -0.4 is 20.5 Å². The van der Waals surface area contributed by atoms with Gasteiger partial charge in [0.15, 0.2) is 11.8 Å². The first-order valence-corrected chi connectivity index (χ1v) is 8.76. The van der Waals surface area contributed by atoms with Gasteiger partial charge < -0.3 is 20.5 Å². The van der Waals surface area contributed by atoms with Crippen LogP contribution >= 0.6 is 24.0 Å². The molecule has 0 aliphatic carbocycles. The maximum absolute atomic E-state index is 12.2. The zero-order valence-electron chi connectivity index (χ0n) is 16.3. The van der Waals surface area contributed by atoms with E-state index in [0.717, 1.165) is 11.3 Å². The van der Waals surface area contributed by atoms with Crippen molar-refractivity contribution in [3.8, 4) is 22.9 Å².